The fourth-order valence-corrected chi connectivity index (χ4v) is 3.68. The fourth-order valence-electron chi connectivity index (χ4n) is 3.68. The maximum Gasteiger partial charge on any atom is 0.315 e. The molecule has 0 radical (unpaired) electrons. The maximum atomic E-state index is 12.3. The molecule has 1 aliphatic rings. The van der Waals surface area contributed by atoms with Crippen LogP contribution in [0.4, 0.5) is 13.6 Å². The summed E-state index contributed by atoms with van der Waals surface area (Å²) in [6, 6.07) is 6.85. The standard InChI is InChI=1S/C21H33F2N3O3/c1-3-17(4-2)19(26-8-10-28-11-9-26)14-25-21(27)24-13-16-6-5-7-18(12-16)29-15-20(22)23/h5-7,12,17,19-20H,3-4,8-11,13-15H2,1-2H3,(H2,24,25,27). The van der Waals surface area contributed by atoms with Crippen LogP contribution in [0.2, 0.25) is 0 Å². The van der Waals surface area contributed by atoms with Gasteiger partial charge in [0.25, 0.3) is 6.43 Å². The van der Waals surface area contributed by atoms with Gasteiger partial charge in [0.2, 0.25) is 0 Å². The molecule has 0 bridgehead atoms. The van der Waals surface area contributed by atoms with Crippen LogP contribution in [-0.4, -0.2) is 62.9 Å². The molecule has 1 unspecified atom stereocenters. The quantitative estimate of drug-likeness (QED) is 0.585. The molecule has 6 nitrogen and oxygen atoms in total. The van der Waals surface area contributed by atoms with Crippen LogP contribution < -0.4 is 15.4 Å². The number of alkyl halides is 2. The average molecular weight is 414 g/mol. The molecule has 0 aliphatic carbocycles. The van der Waals surface area contributed by atoms with E-state index in [-0.39, 0.29) is 12.1 Å². The molecular weight excluding hydrogens is 380 g/mol. The number of carbonyl (C=O) groups is 1. The topological polar surface area (TPSA) is 62.8 Å². The molecule has 164 valence electrons. The lowest BCUT2D eigenvalue weighted by Gasteiger charge is -2.38. The maximum absolute atomic E-state index is 12.3. The summed E-state index contributed by atoms with van der Waals surface area (Å²) in [4.78, 5) is 14.7. The highest BCUT2D eigenvalue weighted by Crippen LogP contribution is 2.19. The lowest BCUT2D eigenvalue weighted by atomic mass is 9.92. The molecule has 1 saturated heterocycles. The van der Waals surface area contributed by atoms with Crippen molar-refractivity contribution in [3.05, 3.63) is 29.8 Å². The Labute approximate surface area is 171 Å². The van der Waals surface area contributed by atoms with Gasteiger partial charge in [-0.2, -0.15) is 0 Å². The summed E-state index contributed by atoms with van der Waals surface area (Å²) in [7, 11) is 0. The Bertz CT molecular complexity index is 609. The monoisotopic (exact) mass is 413 g/mol. The van der Waals surface area contributed by atoms with Crippen molar-refractivity contribution in [2.24, 2.45) is 5.92 Å². The summed E-state index contributed by atoms with van der Waals surface area (Å²) in [5.41, 5.74) is 0.789. The summed E-state index contributed by atoms with van der Waals surface area (Å²) in [5, 5.41) is 5.82. The third kappa shape index (κ3) is 8.14. The normalized spacial score (nSPS) is 16.1. The van der Waals surface area contributed by atoms with Gasteiger partial charge >= 0.3 is 6.03 Å². The molecule has 8 heteroatoms. The van der Waals surface area contributed by atoms with Crippen molar-refractivity contribution in [1.82, 2.24) is 15.5 Å². The molecule has 1 atom stereocenters. The zero-order valence-electron chi connectivity index (χ0n) is 17.3. The molecule has 29 heavy (non-hydrogen) atoms. The third-order valence-electron chi connectivity index (χ3n) is 5.31. The Morgan fingerprint density at radius 3 is 2.59 bits per heavy atom. The number of ether oxygens (including phenoxy) is 2. The van der Waals surface area contributed by atoms with Crippen molar-refractivity contribution in [3.8, 4) is 5.75 Å². The number of urea groups is 1. The summed E-state index contributed by atoms with van der Waals surface area (Å²) in [5.74, 6) is 0.878. The van der Waals surface area contributed by atoms with E-state index in [9.17, 15) is 13.6 Å². The second-order valence-corrected chi connectivity index (χ2v) is 7.21. The first-order valence-electron chi connectivity index (χ1n) is 10.4. The smallest absolute Gasteiger partial charge is 0.315 e. The van der Waals surface area contributed by atoms with Gasteiger partial charge in [0.1, 0.15) is 12.4 Å². The third-order valence-corrected chi connectivity index (χ3v) is 5.31. The van der Waals surface area contributed by atoms with E-state index in [0.29, 0.717) is 24.8 Å². The Balaban J connectivity index is 1.83. The van der Waals surface area contributed by atoms with Crippen molar-refractivity contribution in [1.29, 1.82) is 0 Å². The van der Waals surface area contributed by atoms with Gasteiger partial charge < -0.3 is 20.1 Å². The lowest BCUT2D eigenvalue weighted by molar-refractivity contribution is 0.00237. The van der Waals surface area contributed by atoms with Crippen LogP contribution in [0.25, 0.3) is 0 Å². The van der Waals surface area contributed by atoms with E-state index in [0.717, 1.165) is 44.7 Å². The molecule has 1 aromatic rings. The lowest BCUT2D eigenvalue weighted by Crippen LogP contribution is -2.53. The van der Waals surface area contributed by atoms with E-state index in [1.54, 1.807) is 18.2 Å². The number of carbonyl (C=O) groups excluding carboxylic acids is 1. The molecule has 2 N–H and O–H groups in total. The number of rotatable bonds is 11. The molecule has 1 heterocycles. The number of morpholine rings is 1. The minimum absolute atomic E-state index is 0.242. The van der Waals surface area contributed by atoms with E-state index in [1.807, 2.05) is 6.07 Å². The molecule has 1 aromatic carbocycles. The minimum atomic E-state index is -2.52. The number of amides is 2. The highest BCUT2D eigenvalue weighted by atomic mass is 19.3. The first-order chi connectivity index (χ1) is 14.0. The molecule has 2 rings (SSSR count). The summed E-state index contributed by atoms with van der Waals surface area (Å²) in [6.07, 6.45) is -0.391. The van der Waals surface area contributed by atoms with Crippen molar-refractivity contribution in [3.63, 3.8) is 0 Å². The van der Waals surface area contributed by atoms with Gasteiger partial charge in [0.05, 0.1) is 13.2 Å². The summed E-state index contributed by atoms with van der Waals surface area (Å²) < 4.78 is 35.0. The van der Waals surface area contributed by atoms with E-state index >= 15 is 0 Å². The van der Waals surface area contributed by atoms with Gasteiger partial charge in [-0.05, 0) is 23.6 Å². The number of halogens is 2. The SMILES string of the molecule is CCC(CC)C(CNC(=O)NCc1cccc(OCC(F)F)c1)N1CCOCC1. The largest absolute Gasteiger partial charge is 0.488 e. The number of hydrogen-bond acceptors (Lipinski definition) is 4. The first kappa shape index (κ1) is 23.3. The Hall–Kier alpha value is -1.93. The molecular formula is C21H33F2N3O3. The van der Waals surface area contributed by atoms with Gasteiger partial charge in [-0.3, -0.25) is 4.90 Å². The van der Waals surface area contributed by atoms with Crippen LogP contribution in [0.3, 0.4) is 0 Å². The summed E-state index contributed by atoms with van der Waals surface area (Å²) >= 11 is 0. The van der Waals surface area contributed by atoms with E-state index in [2.05, 4.69) is 29.4 Å². The van der Waals surface area contributed by atoms with Crippen molar-refractivity contribution in [2.45, 2.75) is 45.7 Å². The Morgan fingerprint density at radius 2 is 1.93 bits per heavy atom. The predicted octanol–water partition coefficient (Wildman–Crippen LogP) is 3.27. The highest BCUT2D eigenvalue weighted by molar-refractivity contribution is 5.73. The van der Waals surface area contributed by atoms with Gasteiger partial charge in [-0.1, -0.05) is 38.8 Å². The van der Waals surface area contributed by atoms with Gasteiger partial charge in [-0.15, -0.1) is 0 Å². The molecule has 0 spiro atoms. The van der Waals surface area contributed by atoms with E-state index < -0.39 is 13.0 Å². The second kappa shape index (κ2) is 12.6. The highest BCUT2D eigenvalue weighted by Gasteiger charge is 2.27. The second-order valence-electron chi connectivity index (χ2n) is 7.21. The molecule has 1 fully saturated rings. The van der Waals surface area contributed by atoms with Crippen LogP contribution in [0.5, 0.6) is 5.75 Å². The molecule has 2 amide bonds. The molecule has 1 aliphatic heterocycles. The Morgan fingerprint density at radius 1 is 1.21 bits per heavy atom. The number of benzene rings is 1. The van der Waals surface area contributed by atoms with Crippen LogP contribution in [0, 0.1) is 5.92 Å². The number of nitrogens with zero attached hydrogens (tertiary/aromatic N) is 1. The van der Waals surface area contributed by atoms with Crippen LogP contribution in [0.15, 0.2) is 24.3 Å². The first-order valence-corrected chi connectivity index (χ1v) is 10.4. The molecule has 0 aromatic heterocycles. The van der Waals surface area contributed by atoms with Gasteiger partial charge in [0, 0.05) is 32.2 Å². The van der Waals surface area contributed by atoms with Crippen molar-refractivity contribution < 1.29 is 23.0 Å². The Kier molecular flexibility index (Phi) is 10.1. The number of hydrogen-bond donors (Lipinski definition) is 2. The minimum Gasteiger partial charge on any atom is -0.488 e. The number of nitrogens with one attached hydrogen (secondary N) is 2. The zero-order valence-corrected chi connectivity index (χ0v) is 17.3. The van der Waals surface area contributed by atoms with Crippen LogP contribution in [-0.2, 0) is 11.3 Å². The fraction of sp³-hybridized carbons (Fsp3) is 0.667. The van der Waals surface area contributed by atoms with E-state index in [4.69, 9.17) is 9.47 Å². The van der Waals surface area contributed by atoms with E-state index in [1.165, 1.54) is 0 Å². The zero-order chi connectivity index (χ0) is 21.1. The van der Waals surface area contributed by atoms with Crippen LogP contribution >= 0.6 is 0 Å². The molecule has 0 saturated carbocycles. The predicted molar refractivity (Wildman–Crippen MR) is 108 cm³/mol. The summed E-state index contributed by atoms with van der Waals surface area (Å²) in [6.45, 7) is 7.83. The van der Waals surface area contributed by atoms with Crippen LogP contribution in [0.1, 0.15) is 32.3 Å². The van der Waals surface area contributed by atoms with Gasteiger partial charge in [-0.25, -0.2) is 13.6 Å². The van der Waals surface area contributed by atoms with Crippen molar-refractivity contribution in [2.75, 3.05) is 39.5 Å². The van der Waals surface area contributed by atoms with Gasteiger partial charge in [0.15, 0.2) is 0 Å². The van der Waals surface area contributed by atoms with Crippen molar-refractivity contribution >= 4 is 6.03 Å². The average Bonchev–Trinajstić information content (AvgIpc) is 2.74.